The fraction of sp³-hybridized carbons (Fsp3) is 0.875. The van der Waals surface area contributed by atoms with Crippen LogP contribution in [0.2, 0.25) is 0 Å². The van der Waals surface area contributed by atoms with E-state index in [1.165, 1.54) is 64.2 Å². The predicted molar refractivity (Wildman–Crippen MR) is 83.5 cm³/mol. The molecule has 5 heteroatoms. The van der Waals surface area contributed by atoms with Crippen LogP contribution in [0.15, 0.2) is 0 Å². The van der Waals surface area contributed by atoms with Crippen LogP contribution in [-0.2, 0) is 9.59 Å². The second-order valence-electron chi connectivity index (χ2n) is 5.03. The van der Waals surface area contributed by atoms with E-state index in [1.54, 1.807) is 0 Å². The van der Waals surface area contributed by atoms with Crippen LogP contribution in [0.4, 0.5) is 0 Å². The van der Waals surface area contributed by atoms with Gasteiger partial charge < -0.3 is 15.6 Å². The van der Waals surface area contributed by atoms with Gasteiger partial charge in [-0.2, -0.15) is 6.42 Å². The van der Waals surface area contributed by atoms with E-state index in [0.717, 1.165) is 6.42 Å². The summed E-state index contributed by atoms with van der Waals surface area (Å²) in [6.07, 6.45) is 17.3. The molecule has 0 unspecified atom stereocenters. The number of carbonyl (C=O) groups excluding carboxylic acids is 1. The van der Waals surface area contributed by atoms with Crippen molar-refractivity contribution in [3.63, 3.8) is 0 Å². The van der Waals surface area contributed by atoms with Gasteiger partial charge in [0, 0.05) is 0 Å². The average Bonchev–Trinajstić information content (AvgIpc) is 2.45. The van der Waals surface area contributed by atoms with Crippen molar-refractivity contribution in [2.24, 2.45) is 5.73 Å². The summed E-state index contributed by atoms with van der Waals surface area (Å²) in [5.74, 6) is -0.968. The molecule has 0 bridgehead atoms. The van der Waals surface area contributed by atoms with Crippen LogP contribution < -0.4 is 35.3 Å². The first-order valence-electron chi connectivity index (χ1n) is 7.95. The molecule has 0 atom stereocenters. The van der Waals surface area contributed by atoms with E-state index in [1.807, 2.05) is 6.29 Å². The van der Waals surface area contributed by atoms with Crippen LogP contribution >= 0.6 is 0 Å². The Morgan fingerprint density at radius 2 is 1.24 bits per heavy atom. The van der Waals surface area contributed by atoms with Crippen LogP contribution in [0, 0.1) is 0 Å². The van der Waals surface area contributed by atoms with E-state index < -0.39 is 5.97 Å². The molecule has 0 aliphatic heterocycles. The number of aliphatic carboxylic acids is 1. The maximum Gasteiger partial charge on any atom is 1.00 e. The SMILES string of the molecule is CCCCCCCCCCCCC[C-]=O.NCC(=O)O.[Na+]. The number of unbranched alkanes of at least 4 members (excludes halogenated alkanes) is 11. The summed E-state index contributed by atoms with van der Waals surface area (Å²) in [5.41, 5.74) is 4.57. The van der Waals surface area contributed by atoms with Crippen molar-refractivity contribution in [2.45, 2.75) is 84.0 Å². The molecule has 0 aromatic rings. The Labute approximate surface area is 152 Å². The molecule has 120 valence electrons. The molecule has 0 fully saturated rings. The minimum atomic E-state index is -0.968. The molecule has 4 nitrogen and oxygen atoms in total. The van der Waals surface area contributed by atoms with Gasteiger partial charge in [-0.25, -0.2) is 0 Å². The molecule has 0 heterocycles. The molecule has 3 N–H and O–H groups in total. The minimum absolute atomic E-state index is 0. The topological polar surface area (TPSA) is 80.4 Å². The van der Waals surface area contributed by atoms with Gasteiger partial charge in [-0.15, -0.1) is 0 Å². The second kappa shape index (κ2) is 25.1. The fourth-order valence-electron chi connectivity index (χ4n) is 1.86. The van der Waals surface area contributed by atoms with E-state index in [2.05, 4.69) is 12.7 Å². The molecule has 0 saturated heterocycles. The van der Waals surface area contributed by atoms with Crippen LogP contribution in [0.25, 0.3) is 0 Å². The van der Waals surface area contributed by atoms with E-state index in [0.29, 0.717) is 6.42 Å². The summed E-state index contributed by atoms with van der Waals surface area (Å²) in [7, 11) is 0. The Morgan fingerprint density at radius 1 is 0.905 bits per heavy atom. The standard InChI is InChI=1S/C14H27O.C2H5NO2.Na/c1-2-3-4-5-6-7-8-9-10-11-12-13-14-15;3-1-2(4)5;/h2-13H2,1H3;1,3H2,(H,4,5);/q-1;;+1. The van der Waals surface area contributed by atoms with E-state index in [-0.39, 0.29) is 36.1 Å². The predicted octanol–water partition coefficient (Wildman–Crippen LogP) is 0.831. The third kappa shape index (κ3) is 33.1. The quantitative estimate of drug-likeness (QED) is 0.300. The molecule has 0 aromatic carbocycles. The Kier molecular flexibility index (Phi) is 31.1. The Bertz CT molecular complexity index is 214. The average molecular weight is 309 g/mol. The van der Waals surface area contributed by atoms with Gasteiger partial charge in [-0.3, -0.25) is 11.1 Å². The zero-order valence-electron chi connectivity index (χ0n) is 14.0. The van der Waals surface area contributed by atoms with Gasteiger partial charge in [0.2, 0.25) is 0 Å². The Hall–Kier alpha value is 0.100. The first kappa shape index (κ1) is 26.0. The van der Waals surface area contributed by atoms with Crippen molar-refractivity contribution in [1.82, 2.24) is 0 Å². The normalized spacial score (nSPS) is 9.24. The second-order valence-corrected chi connectivity index (χ2v) is 5.03. The van der Waals surface area contributed by atoms with Gasteiger partial charge in [0.05, 0.1) is 6.54 Å². The third-order valence-corrected chi connectivity index (χ3v) is 3.06. The van der Waals surface area contributed by atoms with Crippen molar-refractivity contribution in [1.29, 1.82) is 0 Å². The van der Waals surface area contributed by atoms with Crippen molar-refractivity contribution in [3.8, 4) is 0 Å². The molecule has 0 aliphatic carbocycles. The summed E-state index contributed by atoms with van der Waals surface area (Å²) >= 11 is 0. The maximum absolute atomic E-state index is 9.94. The summed E-state index contributed by atoms with van der Waals surface area (Å²) in [4.78, 5) is 19.2. The van der Waals surface area contributed by atoms with Crippen LogP contribution in [-0.4, -0.2) is 23.9 Å². The van der Waals surface area contributed by atoms with Gasteiger partial charge >= 0.3 is 35.5 Å². The molecule has 0 aromatic heterocycles. The van der Waals surface area contributed by atoms with E-state index in [9.17, 15) is 9.59 Å². The molecule has 0 rings (SSSR count). The summed E-state index contributed by atoms with van der Waals surface area (Å²) in [6.45, 7) is 1.98. The number of carboxylic acid groups (broad SMARTS) is 1. The Morgan fingerprint density at radius 3 is 1.52 bits per heavy atom. The van der Waals surface area contributed by atoms with Crippen LogP contribution in [0.5, 0.6) is 0 Å². The van der Waals surface area contributed by atoms with Crippen molar-refractivity contribution >= 4 is 12.3 Å². The first-order chi connectivity index (χ1) is 9.68. The zero-order chi connectivity index (χ0) is 15.5. The van der Waals surface area contributed by atoms with Crippen LogP contribution in [0.1, 0.15) is 84.0 Å². The first-order valence-corrected chi connectivity index (χ1v) is 7.95. The summed E-state index contributed by atoms with van der Waals surface area (Å²) in [5, 5.41) is 7.60. The van der Waals surface area contributed by atoms with Gasteiger partial charge in [0.15, 0.2) is 0 Å². The van der Waals surface area contributed by atoms with Crippen LogP contribution in [0.3, 0.4) is 0 Å². The van der Waals surface area contributed by atoms with Gasteiger partial charge in [-0.1, -0.05) is 77.6 Å². The largest absolute Gasteiger partial charge is 1.00 e. The molecule has 0 saturated carbocycles. The van der Waals surface area contributed by atoms with Gasteiger partial charge in [-0.05, 0) is 0 Å². The van der Waals surface area contributed by atoms with Crippen molar-refractivity contribution in [2.75, 3.05) is 6.54 Å². The van der Waals surface area contributed by atoms with E-state index >= 15 is 0 Å². The number of carboxylic acids is 1. The molecule has 21 heavy (non-hydrogen) atoms. The third-order valence-electron chi connectivity index (χ3n) is 3.06. The molecule has 0 radical (unpaired) electrons. The summed E-state index contributed by atoms with van der Waals surface area (Å²) < 4.78 is 0. The number of carbonyl (C=O) groups is 1. The molecule has 0 amide bonds. The van der Waals surface area contributed by atoms with Gasteiger partial charge in [0.25, 0.3) is 0 Å². The fourth-order valence-corrected chi connectivity index (χ4v) is 1.86. The number of rotatable bonds is 13. The molecular weight excluding hydrogens is 277 g/mol. The number of hydrogen-bond acceptors (Lipinski definition) is 3. The number of hydrogen-bond donors (Lipinski definition) is 2. The monoisotopic (exact) mass is 309 g/mol. The summed E-state index contributed by atoms with van der Waals surface area (Å²) in [6, 6.07) is 0. The zero-order valence-corrected chi connectivity index (χ0v) is 16.0. The molecular formula is C16H32NNaO3. The minimum Gasteiger partial charge on any atom is -0.542 e. The smallest absolute Gasteiger partial charge is 0.542 e. The van der Waals surface area contributed by atoms with Gasteiger partial charge in [0.1, 0.15) is 0 Å². The Balaban J connectivity index is -0.000000465. The van der Waals surface area contributed by atoms with Crippen molar-refractivity contribution in [3.05, 3.63) is 0 Å². The van der Waals surface area contributed by atoms with Crippen molar-refractivity contribution < 1.29 is 44.3 Å². The molecule has 0 aliphatic rings. The number of nitrogens with two attached hydrogens (primary N) is 1. The molecule has 0 spiro atoms. The maximum atomic E-state index is 9.94. The van der Waals surface area contributed by atoms with E-state index in [4.69, 9.17) is 5.11 Å².